The molecule has 0 saturated carbocycles. The lowest BCUT2D eigenvalue weighted by atomic mass is 10.4. The van der Waals surface area contributed by atoms with Crippen molar-refractivity contribution in [3.8, 4) is 0 Å². The lowest BCUT2D eigenvalue weighted by Crippen LogP contribution is -2.25. The second kappa shape index (κ2) is 3.77. The number of aromatic nitrogens is 8. The van der Waals surface area contributed by atoms with Crippen molar-refractivity contribution < 1.29 is 0 Å². The van der Waals surface area contributed by atoms with Crippen LogP contribution in [0, 0.1) is 0 Å². The molecule has 0 amide bonds. The zero-order chi connectivity index (χ0) is 11.7. The topological polar surface area (TPSA) is 107 Å². The predicted molar refractivity (Wildman–Crippen MR) is 56.0 cm³/mol. The van der Waals surface area contributed by atoms with Gasteiger partial charge in [0, 0.05) is 0 Å². The Balaban J connectivity index is 1.90. The average molecular weight is 232 g/mol. The van der Waals surface area contributed by atoms with Crippen molar-refractivity contribution in [3.63, 3.8) is 0 Å². The summed E-state index contributed by atoms with van der Waals surface area (Å²) < 4.78 is 2.87. The van der Waals surface area contributed by atoms with Crippen LogP contribution in [-0.4, -0.2) is 40.0 Å². The van der Waals surface area contributed by atoms with Crippen LogP contribution in [0.1, 0.15) is 0 Å². The largest absolute Gasteiger partial charge is 0.343 e. The van der Waals surface area contributed by atoms with Gasteiger partial charge in [0.05, 0.1) is 31.1 Å². The molecular formula is C8H8N8O. The van der Waals surface area contributed by atoms with Crippen LogP contribution in [0.3, 0.4) is 0 Å². The lowest BCUT2D eigenvalue weighted by molar-refractivity contribution is 0.476. The van der Waals surface area contributed by atoms with E-state index in [1.807, 2.05) is 0 Å². The molecule has 0 aliphatic rings. The summed E-state index contributed by atoms with van der Waals surface area (Å²) in [5, 5.41) is 14.7. The van der Waals surface area contributed by atoms with Gasteiger partial charge in [-0.15, -0.1) is 5.10 Å². The van der Waals surface area contributed by atoms with E-state index in [1.165, 1.54) is 22.0 Å². The van der Waals surface area contributed by atoms with Crippen molar-refractivity contribution in [2.45, 2.75) is 13.1 Å². The molecule has 0 aromatic carbocycles. The minimum Gasteiger partial charge on any atom is -0.343 e. The van der Waals surface area contributed by atoms with E-state index in [9.17, 15) is 4.79 Å². The summed E-state index contributed by atoms with van der Waals surface area (Å²) in [4.78, 5) is 18.7. The summed E-state index contributed by atoms with van der Waals surface area (Å²) in [6.07, 6.45) is 4.53. The van der Waals surface area contributed by atoms with Gasteiger partial charge in [0.15, 0.2) is 5.52 Å². The Bertz CT molecular complexity index is 681. The van der Waals surface area contributed by atoms with Crippen molar-refractivity contribution in [1.29, 1.82) is 0 Å². The molecule has 86 valence electrons. The summed E-state index contributed by atoms with van der Waals surface area (Å²) in [7, 11) is 0. The Morgan fingerprint density at radius 3 is 3.12 bits per heavy atom. The van der Waals surface area contributed by atoms with Gasteiger partial charge in [-0.2, -0.15) is 5.10 Å². The minimum absolute atomic E-state index is 0.225. The van der Waals surface area contributed by atoms with Crippen LogP contribution in [-0.2, 0) is 13.1 Å². The molecule has 0 fully saturated rings. The van der Waals surface area contributed by atoms with Crippen LogP contribution in [0.4, 0.5) is 0 Å². The number of hydrogen-bond donors (Lipinski definition) is 1. The third-order valence-electron chi connectivity index (χ3n) is 2.36. The van der Waals surface area contributed by atoms with E-state index in [2.05, 4.69) is 30.6 Å². The van der Waals surface area contributed by atoms with Gasteiger partial charge in [-0.25, -0.2) is 14.3 Å². The van der Waals surface area contributed by atoms with E-state index in [1.54, 1.807) is 6.20 Å². The van der Waals surface area contributed by atoms with Crippen LogP contribution in [0.5, 0.6) is 0 Å². The van der Waals surface area contributed by atoms with Crippen molar-refractivity contribution >= 4 is 11.0 Å². The van der Waals surface area contributed by atoms with Gasteiger partial charge in [0.25, 0.3) is 5.56 Å². The van der Waals surface area contributed by atoms with Crippen LogP contribution in [0.25, 0.3) is 11.0 Å². The molecule has 9 nitrogen and oxygen atoms in total. The average Bonchev–Trinajstić information content (AvgIpc) is 2.99. The molecule has 3 rings (SSSR count). The Kier molecular flexibility index (Phi) is 2.14. The second-order valence-electron chi connectivity index (χ2n) is 3.41. The molecule has 0 radical (unpaired) electrons. The van der Waals surface area contributed by atoms with Crippen LogP contribution in [0.2, 0.25) is 0 Å². The molecule has 0 aliphatic carbocycles. The fourth-order valence-electron chi connectivity index (χ4n) is 1.51. The molecule has 0 aliphatic heterocycles. The second-order valence-corrected chi connectivity index (χ2v) is 3.41. The molecule has 9 heteroatoms. The van der Waals surface area contributed by atoms with E-state index in [4.69, 9.17) is 0 Å². The normalized spacial score (nSPS) is 11.1. The number of rotatable bonds is 3. The number of hydrogen-bond acceptors (Lipinski definition) is 6. The summed E-state index contributed by atoms with van der Waals surface area (Å²) in [6, 6.07) is 0. The zero-order valence-corrected chi connectivity index (χ0v) is 8.69. The number of aryl methyl sites for hydroxylation is 2. The Morgan fingerprint density at radius 2 is 2.29 bits per heavy atom. The highest BCUT2D eigenvalue weighted by Crippen LogP contribution is 1.99. The Hall–Kier alpha value is -2.58. The maximum absolute atomic E-state index is 11.9. The molecule has 3 aromatic rings. The maximum Gasteiger partial charge on any atom is 0.294 e. The highest BCUT2D eigenvalue weighted by molar-refractivity contribution is 5.71. The summed E-state index contributed by atoms with van der Waals surface area (Å²) >= 11 is 0. The summed E-state index contributed by atoms with van der Waals surface area (Å²) in [5.41, 5.74) is 0.794. The fourth-order valence-corrected chi connectivity index (χ4v) is 1.51. The van der Waals surface area contributed by atoms with Gasteiger partial charge >= 0.3 is 0 Å². The molecule has 1 N–H and O–H groups in total. The molecule has 17 heavy (non-hydrogen) atoms. The van der Waals surface area contributed by atoms with Crippen LogP contribution in [0.15, 0.2) is 23.6 Å². The molecule has 0 bridgehead atoms. The molecule has 0 atom stereocenters. The first-order chi connectivity index (χ1) is 8.34. The smallest absolute Gasteiger partial charge is 0.294 e. The minimum atomic E-state index is -0.225. The van der Waals surface area contributed by atoms with E-state index in [0.717, 1.165) is 0 Å². The number of H-pyrrole nitrogens is 1. The van der Waals surface area contributed by atoms with Gasteiger partial charge in [0.1, 0.15) is 6.33 Å². The van der Waals surface area contributed by atoms with Gasteiger partial charge in [0.2, 0.25) is 0 Å². The van der Waals surface area contributed by atoms with E-state index in [-0.39, 0.29) is 5.56 Å². The summed E-state index contributed by atoms with van der Waals surface area (Å²) in [5.74, 6) is 0. The molecular weight excluding hydrogens is 224 g/mol. The Labute approximate surface area is 94.1 Å². The number of aromatic amines is 1. The van der Waals surface area contributed by atoms with E-state index < -0.39 is 0 Å². The predicted octanol–water partition coefficient (Wildman–Crippen LogP) is -1.19. The van der Waals surface area contributed by atoms with Crippen molar-refractivity contribution in [1.82, 2.24) is 40.0 Å². The maximum atomic E-state index is 11.9. The molecule has 0 saturated heterocycles. The lowest BCUT2D eigenvalue weighted by Gasteiger charge is -2.02. The van der Waals surface area contributed by atoms with Crippen molar-refractivity contribution in [2.24, 2.45) is 0 Å². The van der Waals surface area contributed by atoms with Crippen LogP contribution >= 0.6 is 0 Å². The van der Waals surface area contributed by atoms with Crippen LogP contribution < -0.4 is 5.56 Å². The van der Waals surface area contributed by atoms with E-state index >= 15 is 0 Å². The monoisotopic (exact) mass is 232 g/mol. The molecule has 3 aromatic heterocycles. The van der Waals surface area contributed by atoms with Gasteiger partial charge in [-0.3, -0.25) is 4.79 Å². The number of imidazole rings is 1. The highest BCUT2D eigenvalue weighted by Gasteiger charge is 2.06. The first-order valence-electron chi connectivity index (χ1n) is 4.94. The molecule has 0 spiro atoms. The highest BCUT2D eigenvalue weighted by atomic mass is 16.1. The number of nitrogens with one attached hydrogen (secondary N) is 1. The Morgan fingerprint density at radius 1 is 1.35 bits per heavy atom. The molecule has 3 heterocycles. The van der Waals surface area contributed by atoms with E-state index in [0.29, 0.717) is 24.1 Å². The van der Waals surface area contributed by atoms with Gasteiger partial charge < -0.3 is 4.98 Å². The fraction of sp³-hybridized carbons (Fsp3) is 0.250. The number of nitrogens with zero attached hydrogens (tertiary/aromatic N) is 7. The van der Waals surface area contributed by atoms with Crippen molar-refractivity contribution in [2.75, 3.05) is 0 Å². The zero-order valence-electron chi connectivity index (χ0n) is 8.69. The summed E-state index contributed by atoms with van der Waals surface area (Å²) in [6.45, 7) is 0.877. The molecule has 0 unspecified atom stereocenters. The number of tetrazole rings is 1. The number of fused-ring (bicyclic) bond motifs is 1. The standard InChI is InChI=1S/C8H8N8O/c17-8-7-6(9-4-10-7)3-12-16(8)2-1-15-5-11-13-14-15/h3-5H,1-2H2,(H,9,10). The first-order valence-corrected chi connectivity index (χ1v) is 4.94. The van der Waals surface area contributed by atoms with Crippen molar-refractivity contribution in [3.05, 3.63) is 29.2 Å². The third-order valence-corrected chi connectivity index (χ3v) is 2.36. The quantitative estimate of drug-likeness (QED) is 0.608. The van der Waals surface area contributed by atoms with Gasteiger partial charge in [-0.1, -0.05) is 0 Å². The third kappa shape index (κ3) is 1.67. The van der Waals surface area contributed by atoms with Gasteiger partial charge in [-0.05, 0) is 10.4 Å². The SMILES string of the molecule is O=c1c2nc[nH]c2cnn1CCn1cnnn1. The first kappa shape index (κ1) is 9.63.